The zero-order chi connectivity index (χ0) is 17.4. The molecule has 0 aromatic heterocycles. The van der Waals surface area contributed by atoms with Crippen molar-refractivity contribution in [1.29, 1.82) is 0 Å². The lowest BCUT2D eigenvalue weighted by atomic mass is 9.99. The van der Waals surface area contributed by atoms with Crippen molar-refractivity contribution in [2.24, 2.45) is 4.99 Å². The van der Waals surface area contributed by atoms with Gasteiger partial charge in [-0.3, -0.25) is 14.9 Å². The van der Waals surface area contributed by atoms with Crippen LogP contribution in [0.25, 0.3) is 0 Å². The van der Waals surface area contributed by atoms with Gasteiger partial charge < -0.3 is 4.90 Å². The monoisotopic (exact) mass is 331 g/mol. The standard InChI is InChI=1S/C16H11F2N3O3/c1-20-13-7-6-11(21(23)24)8-12(13)14(19-15(18)16(20)22)9-2-4-10(17)5-3-9/h2-8,15H,1H3. The lowest BCUT2D eigenvalue weighted by molar-refractivity contribution is -0.384. The van der Waals surface area contributed by atoms with E-state index in [9.17, 15) is 23.7 Å². The molecule has 1 aliphatic rings. The third-order valence-electron chi connectivity index (χ3n) is 3.70. The van der Waals surface area contributed by atoms with E-state index in [2.05, 4.69) is 4.99 Å². The van der Waals surface area contributed by atoms with Crippen molar-refractivity contribution in [3.63, 3.8) is 0 Å². The van der Waals surface area contributed by atoms with Gasteiger partial charge in [-0.2, -0.15) is 0 Å². The molecule has 0 N–H and O–H groups in total. The molecule has 0 saturated heterocycles. The molecule has 24 heavy (non-hydrogen) atoms. The number of carbonyl (C=O) groups is 1. The second kappa shape index (κ2) is 5.80. The predicted molar refractivity (Wildman–Crippen MR) is 83.4 cm³/mol. The van der Waals surface area contributed by atoms with Crippen LogP contribution in [0.2, 0.25) is 0 Å². The Kier molecular flexibility index (Phi) is 3.80. The first-order valence-electron chi connectivity index (χ1n) is 6.92. The van der Waals surface area contributed by atoms with Crippen molar-refractivity contribution in [2.75, 3.05) is 11.9 Å². The number of hydrogen-bond donors (Lipinski definition) is 0. The molecule has 6 nitrogen and oxygen atoms in total. The summed E-state index contributed by atoms with van der Waals surface area (Å²) < 4.78 is 27.3. The van der Waals surface area contributed by atoms with E-state index < -0.39 is 22.9 Å². The molecule has 0 bridgehead atoms. The molecule has 1 heterocycles. The molecule has 122 valence electrons. The number of alkyl halides is 1. The van der Waals surface area contributed by atoms with Crippen LogP contribution in [0.4, 0.5) is 20.2 Å². The Morgan fingerprint density at radius 3 is 2.50 bits per heavy atom. The minimum absolute atomic E-state index is 0.0545. The minimum atomic E-state index is -2.15. The number of fused-ring (bicyclic) bond motifs is 1. The fourth-order valence-corrected chi connectivity index (χ4v) is 2.47. The molecule has 0 radical (unpaired) electrons. The predicted octanol–water partition coefficient (Wildman–Crippen LogP) is 2.84. The van der Waals surface area contributed by atoms with Gasteiger partial charge in [0.2, 0.25) is 0 Å². The minimum Gasteiger partial charge on any atom is -0.311 e. The summed E-state index contributed by atoms with van der Waals surface area (Å²) in [6, 6.07) is 8.89. The summed E-state index contributed by atoms with van der Waals surface area (Å²) in [5.74, 6) is -1.38. The molecule has 2 aromatic carbocycles. The fraction of sp³-hybridized carbons (Fsp3) is 0.125. The van der Waals surface area contributed by atoms with Gasteiger partial charge in [0.15, 0.2) is 0 Å². The summed E-state index contributed by atoms with van der Waals surface area (Å²) in [5, 5.41) is 11.0. The van der Waals surface area contributed by atoms with Crippen molar-refractivity contribution >= 4 is 23.0 Å². The van der Waals surface area contributed by atoms with Gasteiger partial charge >= 0.3 is 0 Å². The second-order valence-electron chi connectivity index (χ2n) is 5.18. The summed E-state index contributed by atoms with van der Waals surface area (Å²) in [4.78, 5) is 27.3. The van der Waals surface area contributed by atoms with Gasteiger partial charge in [0.25, 0.3) is 17.9 Å². The summed E-state index contributed by atoms with van der Waals surface area (Å²) in [6.07, 6.45) is -2.15. The third kappa shape index (κ3) is 2.62. The Labute approximate surface area is 135 Å². The number of non-ortho nitro benzene ring substituents is 1. The Hall–Kier alpha value is -3.16. The first-order chi connectivity index (χ1) is 11.4. The number of hydrogen-bond acceptors (Lipinski definition) is 4. The Morgan fingerprint density at radius 2 is 1.88 bits per heavy atom. The van der Waals surface area contributed by atoms with Crippen molar-refractivity contribution in [3.05, 3.63) is 69.5 Å². The number of benzene rings is 2. The first-order valence-corrected chi connectivity index (χ1v) is 6.92. The number of nitro benzene ring substituents is 1. The van der Waals surface area contributed by atoms with Crippen LogP contribution >= 0.6 is 0 Å². The van der Waals surface area contributed by atoms with Crippen LogP contribution < -0.4 is 4.90 Å². The van der Waals surface area contributed by atoms with Gasteiger partial charge in [0.05, 0.1) is 16.3 Å². The van der Waals surface area contributed by atoms with Crippen LogP contribution in [0.1, 0.15) is 11.1 Å². The van der Waals surface area contributed by atoms with Crippen molar-refractivity contribution in [1.82, 2.24) is 0 Å². The number of anilines is 1. The maximum Gasteiger partial charge on any atom is 0.284 e. The number of nitro groups is 1. The highest BCUT2D eigenvalue weighted by Crippen LogP contribution is 2.31. The summed E-state index contributed by atoms with van der Waals surface area (Å²) >= 11 is 0. The second-order valence-corrected chi connectivity index (χ2v) is 5.18. The highest BCUT2D eigenvalue weighted by atomic mass is 19.1. The smallest absolute Gasteiger partial charge is 0.284 e. The average molecular weight is 331 g/mol. The largest absolute Gasteiger partial charge is 0.311 e. The maximum atomic E-state index is 14.1. The molecule has 2 aromatic rings. The number of amides is 1. The normalized spacial score (nSPS) is 17.1. The van der Waals surface area contributed by atoms with E-state index in [4.69, 9.17) is 0 Å². The van der Waals surface area contributed by atoms with Crippen LogP contribution in [0.15, 0.2) is 47.5 Å². The van der Waals surface area contributed by atoms with Gasteiger partial charge in [-0.15, -0.1) is 0 Å². The van der Waals surface area contributed by atoms with E-state index in [1.165, 1.54) is 49.5 Å². The SMILES string of the molecule is CN1C(=O)C(F)N=C(c2ccc(F)cc2)c2cc([N+](=O)[O-])ccc21. The Balaban J connectivity index is 2.27. The molecule has 1 aliphatic heterocycles. The van der Waals surface area contributed by atoms with Gasteiger partial charge in [-0.25, -0.2) is 13.8 Å². The van der Waals surface area contributed by atoms with Crippen LogP contribution in [-0.4, -0.2) is 29.9 Å². The number of aliphatic imine (C=N–C) groups is 1. The van der Waals surface area contributed by atoms with E-state index in [0.29, 0.717) is 5.56 Å². The zero-order valence-corrected chi connectivity index (χ0v) is 12.4. The van der Waals surface area contributed by atoms with Crippen molar-refractivity contribution in [2.45, 2.75) is 6.30 Å². The average Bonchev–Trinajstić information content (AvgIpc) is 2.66. The number of halogens is 2. The van der Waals surface area contributed by atoms with E-state index in [1.54, 1.807) is 0 Å². The Bertz CT molecular complexity index is 865. The number of likely N-dealkylation sites (N-methyl/N-ethyl adjacent to an activating group) is 1. The molecule has 1 amide bonds. The lowest BCUT2D eigenvalue weighted by Crippen LogP contribution is -2.32. The van der Waals surface area contributed by atoms with Crippen molar-refractivity contribution < 1.29 is 18.5 Å². The van der Waals surface area contributed by atoms with Crippen LogP contribution in [0, 0.1) is 15.9 Å². The molecule has 0 fully saturated rings. The third-order valence-corrected chi connectivity index (χ3v) is 3.70. The van der Waals surface area contributed by atoms with Gasteiger partial charge in [-0.1, -0.05) is 0 Å². The summed E-state index contributed by atoms with van der Waals surface area (Å²) in [7, 11) is 1.36. The number of carbonyl (C=O) groups excluding carboxylic acids is 1. The number of benzodiazepines with no additional fused rings is 1. The van der Waals surface area contributed by atoms with E-state index in [-0.39, 0.29) is 22.6 Å². The molecule has 3 rings (SSSR count). The topological polar surface area (TPSA) is 75.8 Å². The molecule has 0 saturated carbocycles. The summed E-state index contributed by atoms with van der Waals surface area (Å²) in [5.41, 5.74) is 0.699. The van der Waals surface area contributed by atoms with E-state index in [0.717, 1.165) is 4.90 Å². The summed E-state index contributed by atoms with van der Waals surface area (Å²) in [6.45, 7) is 0. The van der Waals surface area contributed by atoms with Gasteiger partial charge in [-0.05, 0) is 30.3 Å². The fourth-order valence-electron chi connectivity index (χ4n) is 2.47. The lowest BCUT2D eigenvalue weighted by Gasteiger charge is -2.18. The van der Waals surface area contributed by atoms with Crippen LogP contribution in [0.5, 0.6) is 0 Å². The molecule has 8 heteroatoms. The molecular formula is C16H11F2N3O3. The highest BCUT2D eigenvalue weighted by molar-refractivity contribution is 6.20. The Morgan fingerprint density at radius 1 is 1.21 bits per heavy atom. The molecular weight excluding hydrogens is 320 g/mol. The first kappa shape index (κ1) is 15.7. The number of rotatable bonds is 2. The van der Waals surface area contributed by atoms with Gasteiger partial charge in [0.1, 0.15) is 5.82 Å². The zero-order valence-electron chi connectivity index (χ0n) is 12.4. The molecule has 1 unspecified atom stereocenters. The molecule has 0 aliphatic carbocycles. The van der Waals surface area contributed by atoms with Crippen LogP contribution in [-0.2, 0) is 4.79 Å². The van der Waals surface area contributed by atoms with E-state index >= 15 is 0 Å². The van der Waals surface area contributed by atoms with E-state index in [1.807, 2.05) is 0 Å². The highest BCUT2D eigenvalue weighted by Gasteiger charge is 2.30. The quantitative estimate of drug-likeness (QED) is 0.482. The van der Waals surface area contributed by atoms with Crippen molar-refractivity contribution in [3.8, 4) is 0 Å². The molecule has 1 atom stereocenters. The maximum absolute atomic E-state index is 14.1. The van der Waals surface area contributed by atoms with Gasteiger partial charge in [0, 0.05) is 30.3 Å². The molecule has 0 spiro atoms. The van der Waals surface area contributed by atoms with Crippen LogP contribution in [0.3, 0.4) is 0 Å². The number of nitrogens with zero attached hydrogens (tertiary/aromatic N) is 3.